The highest BCUT2D eigenvalue weighted by molar-refractivity contribution is 9.10. The smallest absolute Gasteiger partial charge is 0.227 e. The Balaban J connectivity index is 2.57. The fourth-order valence-electron chi connectivity index (χ4n) is 0.880. The number of pyridine rings is 1. The van der Waals surface area contributed by atoms with Crippen molar-refractivity contribution in [3.63, 3.8) is 0 Å². The SMILES string of the molecule is COCCOc1cnc(OC)c(Br)c1. The van der Waals surface area contributed by atoms with Crippen molar-refractivity contribution >= 4 is 15.9 Å². The predicted molar refractivity (Wildman–Crippen MR) is 55.9 cm³/mol. The van der Waals surface area contributed by atoms with Crippen LogP contribution in [-0.2, 0) is 4.74 Å². The van der Waals surface area contributed by atoms with Gasteiger partial charge in [-0.25, -0.2) is 4.98 Å². The average Bonchev–Trinajstić information content (AvgIpc) is 2.18. The van der Waals surface area contributed by atoms with Crippen molar-refractivity contribution in [1.82, 2.24) is 4.98 Å². The van der Waals surface area contributed by atoms with E-state index in [2.05, 4.69) is 20.9 Å². The third-order valence-electron chi connectivity index (χ3n) is 1.53. The van der Waals surface area contributed by atoms with Gasteiger partial charge in [-0.3, -0.25) is 0 Å². The van der Waals surface area contributed by atoms with Crippen LogP contribution in [0.3, 0.4) is 0 Å². The van der Waals surface area contributed by atoms with Crippen molar-refractivity contribution in [1.29, 1.82) is 0 Å². The first-order chi connectivity index (χ1) is 6.77. The molecule has 0 N–H and O–H groups in total. The lowest BCUT2D eigenvalue weighted by atomic mass is 10.4. The molecule has 14 heavy (non-hydrogen) atoms. The summed E-state index contributed by atoms with van der Waals surface area (Å²) in [6.07, 6.45) is 1.61. The second-order valence-electron chi connectivity index (χ2n) is 2.50. The molecule has 5 heteroatoms. The van der Waals surface area contributed by atoms with Gasteiger partial charge in [0.1, 0.15) is 12.4 Å². The largest absolute Gasteiger partial charge is 0.490 e. The molecular formula is C9H12BrNO3. The third-order valence-corrected chi connectivity index (χ3v) is 2.10. The minimum absolute atomic E-state index is 0.511. The first-order valence-corrected chi connectivity index (χ1v) is 4.88. The molecule has 1 aromatic heterocycles. The molecule has 0 aliphatic carbocycles. The molecule has 1 rings (SSSR count). The zero-order valence-corrected chi connectivity index (χ0v) is 9.70. The van der Waals surface area contributed by atoms with E-state index in [0.717, 1.165) is 4.47 Å². The maximum Gasteiger partial charge on any atom is 0.227 e. The molecule has 0 radical (unpaired) electrons. The van der Waals surface area contributed by atoms with Crippen LogP contribution in [0, 0.1) is 0 Å². The minimum atomic E-state index is 0.511. The molecule has 0 saturated carbocycles. The van der Waals surface area contributed by atoms with E-state index in [1.807, 2.05) is 6.07 Å². The van der Waals surface area contributed by atoms with Crippen molar-refractivity contribution in [3.8, 4) is 11.6 Å². The van der Waals surface area contributed by atoms with E-state index < -0.39 is 0 Å². The second-order valence-corrected chi connectivity index (χ2v) is 3.36. The van der Waals surface area contributed by atoms with Crippen molar-refractivity contribution in [3.05, 3.63) is 16.7 Å². The number of nitrogens with zero attached hydrogens (tertiary/aromatic N) is 1. The summed E-state index contributed by atoms with van der Waals surface area (Å²) in [5.41, 5.74) is 0. The molecule has 0 saturated heterocycles. The topological polar surface area (TPSA) is 40.6 Å². The monoisotopic (exact) mass is 261 g/mol. The number of methoxy groups -OCH3 is 2. The van der Waals surface area contributed by atoms with Crippen LogP contribution in [-0.4, -0.2) is 32.4 Å². The van der Waals surface area contributed by atoms with Gasteiger partial charge >= 0.3 is 0 Å². The summed E-state index contributed by atoms with van der Waals surface area (Å²) in [6.45, 7) is 1.07. The molecule has 0 bridgehead atoms. The van der Waals surface area contributed by atoms with Crippen LogP contribution < -0.4 is 9.47 Å². The molecule has 0 aliphatic heterocycles. The van der Waals surface area contributed by atoms with Crippen molar-refractivity contribution in [2.45, 2.75) is 0 Å². The van der Waals surface area contributed by atoms with Gasteiger partial charge in [-0.15, -0.1) is 0 Å². The standard InChI is InChI=1S/C9H12BrNO3/c1-12-3-4-14-7-5-8(10)9(13-2)11-6-7/h5-6H,3-4H2,1-2H3. The van der Waals surface area contributed by atoms with Gasteiger partial charge in [0.25, 0.3) is 0 Å². The van der Waals surface area contributed by atoms with Crippen LogP contribution in [0.2, 0.25) is 0 Å². The Kier molecular flexibility index (Phi) is 4.69. The number of aromatic nitrogens is 1. The van der Waals surface area contributed by atoms with Gasteiger partial charge in [-0.05, 0) is 15.9 Å². The van der Waals surface area contributed by atoms with Gasteiger partial charge < -0.3 is 14.2 Å². The normalized spacial score (nSPS) is 9.93. The van der Waals surface area contributed by atoms with E-state index >= 15 is 0 Å². The van der Waals surface area contributed by atoms with Crippen molar-refractivity contribution in [2.75, 3.05) is 27.4 Å². The van der Waals surface area contributed by atoms with Gasteiger partial charge in [0.05, 0.1) is 24.4 Å². The van der Waals surface area contributed by atoms with Crippen LogP contribution in [0.5, 0.6) is 11.6 Å². The van der Waals surface area contributed by atoms with Gasteiger partial charge in [-0.1, -0.05) is 0 Å². The Morgan fingerprint density at radius 2 is 2.14 bits per heavy atom. The molecule has 0 aliphatic rings. The van der Waals surface area contributed by atoms with Crippen LogP contribution in [0.25, 0.3) is 0 Å². The Hall–Kier alpha value is -0.810. The molecule has 1 aromatic rings. The van der Waals surface area contributed by atoms with E-state index in [4.69, 9.17) is 14.2 Å². The molecule has 0 atom stereocenters. The lowest BCUT2D eigenvalue weighted by molar-refractivity contribution is 0.146. The predicted octanol–water partition coefficient (Wildman–Crippen LogP) is 1.88. The third kappa shape index (κ3) is 3.16. The van der Waals surface area contributed by atoms with Crippen molar-refractivity contribution < 1.29 is 14.2 Å². The van der Waals surface area contributed by atoms with Crippen molar-refractivity contribution in [2.24, 2.45) is 0 Å². The lowest BCUT2D eigenvalue weighted by Crippen LogP contribution is -2.04. The fraction of sp³-hybridized carbons (Fsp3) is 0.444. The Labute approximate surface area is 91.3 Å². The van der Waals surface area contributed by atoms with Gasteiger partial charge in [0, 0.05) is 13.2 Å². The van der Waals surface area contributed by atoms with E-state index in [0.29, 0.717) is 24.8 Å². The number of halogens is 1. The highest BCUT2D eigenvalue weighted by Crippen LogP contribution is 2.25. The van der Waals surface area contributed by atoms with E-state index in [9.17, 15) is 0 Å². The number of hydrogen-bond donors (Lipinski definition) is 0. The minimum Gasteiger partial charge on any atom is -0.490 e. The summed E-state index contributed by atoms with van der Waals surface area (Å²) < 4.78 is 16.0. The number of hydrogen-bond acceptors (Lipinski definition) is 4. The van der Waals surface area contributed by atoms with E-state index in [1.165, 1.54) is 0 Å². The maximum atomic E-state index is 5.35. The first-order valence-electron chi connectivity index (χ1n) is 4.09. The molecule has 1 heterocycles. The highest BCUT2D eigenvalue weighted by atomic mass is 79.9. The Morgan fingerprint density at radius 1 is 1.36 bits per heavy atom. The zero-order valence-electron chi connectivity index (χ0n) is 8.12. The molecule has 78 valence electrons. The average molecular weight is 262 g/mol. The number of rotatable bonds is 5. The molecule has 4 nitrogen and oxygen atoms in total. The molecule has 0 fully saturated rings. The summed E-state index contributed by atoms with van der Waals surface area (Å²) >= 11 is 3.32. The van der Waals surface area contributed by atoms with Gasteiger partial charge in [0.2, 0.25) is 5.88 Å². The zero-order chi connectivity index (χ0) is 10.4. The summed E-state index contributed by atoms with van der Waals surface area (Å²) in [4.78, 5) is 4.04. The first kappa shape index (κ1) is 11.3. The molecule has 0 unspecified atom stereocenters. The molecular weight excluding hydrogens is 250 g/mol. The quantitative estimate of drug-likeness (QED) is 0.759. The second kappa shape index (κ2) is 5.82. The van der Waals surface area contributed by atoms with E-state index in [-0.39, 0.29) is 0 Å². The highest BCUT2D eigenvalue weighted by Gasteiger charge is 2.03. The summed E-state index contributed by atoms with van der Waals surface area (Å²) in [5.74, 6) is 1.24. The summed E-state index contributed by atoms with van der Waals surface area (Å²) in [5, 5.41) is 0. The number of ether oxygens (including phenoxy) is 3. The Bertz CT molecular complexity index is 293. The van der Waals surface area contributed by atoms with E-state index in [1.54, 1.807) is 20.4 Å². The summed E-state index contributed by atoms with van der Waals surface area (Å²) in [6, 6.07) is 1.81. The molecule has 0 spiro atoms. The maximum absolute atomic E-state index is 5.35. The Morgan fingerprint density at radius 3 is 2.71 bits per heavy atom. The molecule has 0 amide bonds. The van der Waals surface area contributed by atoms with Crippen LogP contribution in [0.15, 0.2) is 16.7 Å². The lowest BCUT2D eigenvalue weighted by Gasteiger charge is -2.06. The van der Waals surface area contributed by atoms with Gasteiger partial charge in [0.15, 0.2) is 0 Å². The van der Waals surface area contributed by atoms with Crippen LogP contribution in [0.1, 0.15) is 0 Å². The van der Waals surface area contributed by atoms with Gasteiger partial charge in [-0.2, -0.15) is 0 Å². The van der Waals surface area contributed by atoms with Crippen LogP contribution >= 0.6 is 15.9 Å². The van der Waals surface area contributed by atoms with Crippen LogP contribution in [0.4, 0.5) is 0 Å². The summed E-state index contributed by atoms with van der Waals surface area (Å²) in [7, 11) is 3.20. The fourth-order valence-corrected chi connectivity index (χ4v) is 1.37. The molecule has 0 aromatic carbocycles.